The molecule has 4 nitrogen and oxygen atoms in total. The zero-order valence-electron chi connectivity index (χ0n) is 21.4. The maximum Gasteiger partial charge on any atom is 0.160 e. The molecule has 0 unspecified atom stereocenters. The van der Waals surface area contributed by atoms with E-state index in [1.807, 2.05) is 24.3 Å². The van der Waals surface area contributed by atoms with Gasteiger partial charge in [0.15, 0.2) is 5.58 Å². The normalized spacial score (nSPS) is 11.5. The Kier molecular flexibility index (Phi) is 4.85. The number of furan rings is 1. The second-order valence-corrected chi connectivity index (χ2v) is 9.93. The lowest BCUT2D eigenvalue weighted by Gasteiger charge is -2.15. The van der Waals surface area contributed by atoms with Gasteiger partial charge in [0.05, 0.1) is 16.7 Å². The van der Waals surface area contributed by atoms with Gasteiger partial charge in [-0.1, -0.05) is 78.9 Å². The Balaban J connectivity index is 1.43. The number of hydrogen-bond donors (Lipinski definition) is 0. The minimum absolute atomic E-state index is 0.406. The third-order valence-corrected chi connectivity index (χ3v) is 7.71. The van der Waals surface area contributed by atoms with Crippen LogP contribution in [0.15, 0.2) is 132 Å². The Labute approximate surface area is 230 Å². The van der Waals surface area contributed by atoms with Crippen LogP contribution in [0.2, 0.25) is 0 Å². The molecule has 0 spiro atoms. The molecule has 0 saturated carbocycles. The Hall–Kier alpha value is -5.66. The minimum Gasteiger partial charge on any atom is -0.454 e. The molecule has 0 aliphatic heterocycles. The Bertz CT molecular complexity index is 2300. The van der Waals surface area contributed by atoms with Crippen molar-refractivity contribution in [3.8, 4) is 34.0 Å². The van der Waals surface area contributed by atoms with Gasteiger partial charge in [-0.2, -0.15) is 5.26 Å². The Morgan fingerprint density at radius 2 is 1.38 bits per heavy atom. The van der Waals surface area contributed by atoms with Crippen LogP contribution in [0.25, 0.3) is 71.7 Å². The van der Waals surface area contributed by atoms with E-state index >= 15 is 0 Å². The maximum absolute atomic E-state index is 9.36. The van der Waals surface area contributed by atoms with Crippen molar-refractivity contribution in [2.24, 2.45) is 0 Å². The van der Waals surface area contributed by atoms with Crippen LogP contribution in [0.4, 0.5) is 0 Å². The van der Waals surface area contributed by atoms with Crippen LogP contribution >= 0.6 is 0 Å². The predicted octanol–water partition coefficient (Wildman–Crippen LogP) is 9.28. The van der Waals surface area contributed by atoms with Gasteiger partial charge in [-0.25, -0.2) is 4.98 Å². The summed E-state index contributed by atoms with van der Waals surface area (Å²) in [4.78, 5) is 4.14. The lowest BCUT2D eigenvalue weighted by atomic mass is 9.98. The molecule has 40 heavy (non-hydrogen) atoms. The highest BCUT2D eigenvalue weighted by Gasteiger charge is 2.20. The summed E-state index contributed by atoms with van der Waals surface area (Å²) in [6.45, 7) is 0. The molecule has 0 fully saturated rings. The predicted molar refractivity (Wildman–Crippen MR) is 161 cm³/mol. The van der Waals surface area contributed by atoms with Gasteiger partial charge >= 0.3 is 0 Å². The molecule has 0 aliphatic rings. The first kappa shape index (κ1) is 22.3. The van der Waals surface area contributed by atoms with Gasteiger partial charge in [0, 0.05) is 33.3 Å². The highest BCUT2D eigenvalue weighted by atomic mass is 16.3. The van der Waals surface area contributed by atoms with E-state index in [-0.39, 0.29) is 0 Å². The molecular weight excluding hydrogens is 490 g/mol. The van der Waals surface area contributed by atoms with Crippen LogP contribution in [0, 0.1) is 11.3 Å². The number of para-hydroxylation sites is 3. The van der Waals surface area contributed by atoms with Crippen LogP contribution in [0.3, 0.4) is 0 Å². The fourth-order valence-electron chi connectivity index (χ4n) is 5.93. The summed E-state index contributed by atoms with van der Waals surface area (Å²) < 4.78 is 8.89. The fourth-order valence-corrected chi connectivity index (χ4v) is 5.93. The molecule has 0 radical (unpaired) electrons. The van der Waals surface area contributed by atoms with E-state index in [9.17, 15) is 5.26 Å². The minimum atomic E-state index is 0.406. The van der Waals surface area contributed by atoms with Crippen LogP contribution in [-0.2, 0) is 0 Å². The van der Waals surface area contributed by atoms with Crippen molar-refractivity contribution in [2.75, 3.05) is 0 Å². The quantitative estimate of drug-likeness (QED) is 0.237. The van der Waals surface area contributed by atoms with Crippen molar-refractivity contribution in [3.05, 3.63) is 133 Å². The number of nitrogens with zero attached hydrogens (tertiary/aromatic N) is 3. The largest absolute Gasteiger partial charge is 0.454 e. The van der Waals surface area contributed by atoms with E-state index < -0.39 is 0 Å². The zero-order valence-corrected chi connectivity index (χ0v) is 21.4. The topological polar surface area (TPSA) is 54.8 Å². The van der Waals surface area contributed by atoms with E-state index in [0.717, 1.165) is 66.3 Å². The van der Waals surface area contributed by atoms with Gasteiger partial charge in [-0.05, 0) is 59.2 Å². The molecule has 0 amide bonds. The van der Waals surface area contributed by atoms with Crippen LogP contribution in [-0.4, -0.2) is 9.55 Å². The van der Waals surface area contributed by atoms with E-state index in [2.05, 4.69) is 113 Å². The standard InChI is InChI=1S/C36H21N3O/c37-22-26-21-24(18-19-38-26)23-8-7-9-25(20-23)27-10-1-4-13-32(27)39-33-14-5-2-11-28(33)30-16-17-31-29-12-3-6-15-34(29)40-36(31)35(30)39/h1-21H. The maximum atomic E-state index is 9.36. The number of aromatic nitrogens is 2. The van der Waals surface area contributed by atoms with Crippen molar-refractivity contribution in [2.45, 2.75) is 0 Å². The molecular formula is C36H21N3O. The smallest absolute Gasteiger partial charge is 0.160 e. The summed E-state index contributed by atoms with van der Waals surface area (Å²) in [5.74, 6) is 0. The lowest BCUT2D eigenvalue weighted by Crippen LogP contribution is -1.97. The zero-order chi connectivity index (χ0) is 26.6. The molecule has 0 aliphatic carbocycles. The summed E-state index contributed by atoms with van der Waals surface area (Å²) in [6, 6.07) is 44.1. The summed E-state index contributed by atoms with van der Waals surface area (Å²) in [6.07, 6.45) is 1.69. The van der Waals surface area contributed by atoms with Crippen LogP contribution in [0.5, 0.6) is 0 Å². The third-order valence-electron chi connectivity index (χ3n) is 7.71. The number of hydrogen-bond acceptors (Lipinski definition) is 3. The SMILES string of the molecule is N#Cc1cc(-c2cccc(-c3ccccc3-n3c4ccccc4c4ccc5c6ccccc6oc5c43)c2)ccn1. The van der Waals surface area contributed by atoms with Gasteiger partial charge in [0.25, 0.3) is 0 Å². The average Bonchev–Trinajstić information content (AvgIpc) is 3.57. The van der Waals surface area contributed by atoms with E-state index in [1.165, 1.54) is 5.39 Å². The first-order valence-corrected chi connectivity index (χ1v) is 13.2. The number of fused-ring (bicyclic) bond motifs is 7. The monoisotopic (exact) mass is 511 g/mol. The molecule has 0 saturated heterocycles. The van der Waals surface area contributed by atoms with Gasteiger partial charge < -0.3 is 8.98 Å². The van der Waals surface area contributed by atoms with E-state index in [1.54, 1.807) is 6.20 Å². The van der Waals surface area contributed by atoms with Crippen LogP contribution < -0.4 is 0 Å². The van der Waals surface area contributed by atoms with Gasteiger partial charge in [-0.15, -0.1) is 0 Å². The second kappa shape index (κ2) is 8.69. The first-order chi connectivity index (χ1) is 19.8. The summed E-state index contributed by atoms with van der Waals surface area (Å²) in [7, 11) is 0. The Morgan fingerprint density at radius 1 is 0.625 bits per heavy atom. The molecule has 3 heterocycles. The highest BCUT2D eigenvalue weighted by Crippen LogP contribution is 2.42. The molecule has 0 N–H and O–H groups in total. The highest BCUT2D eigenvalue weighted by molar-refractivity contribution is 6.21. The van der Waals surface area contributed by atoms with Gasteiger partial charge in [0.1, 0.15) is 17.3 Å². The van der Waals surface area contributed by atoms with Crippen molar-refractivity contribution in [1.82, 2.24) is 9.55 Å². The molecule has 4 heteroatoms. The molecule has 0 atom stereocenters. The average molecular weight is 512 g/mol. The van der Waals surface area contributed by atoms with Crippen molar-refractivity contribution in [1.29, 1.82) is 5.26 Å². The summed E-state index contributed by atoms with van der Waals surface area (Å²) in [5.41, 5.74) is 9.64. The molecule has 8 rings (SSSR count). The number of pyridine rings is 1. The molecule has 186 valence electrons. The molecule has 0 bridgehead atoms. The second-order valence-electron chi connectivity index (χ2n) is 9.93. The van der Waals surface area contributed by atoms with Crippen molar-refractivity contribution in [3.63, 3.8) is 0 Å². The van der Waals surface area contributed by atoms with Gasteiger partial charge in [0.2, 0.25) is 0 Å². The number of rotatable bonds is 3. The summed E-state index contributed by atoms with van der Waals surface area (Å²) in [5, 5.41) is 13.9. The molecule has 5 aromatic carbocycles. The third kappa shape index (κ3) is 3.28. The van der Waals surface area contributed by atoms with Crippen LogP contribution in [0.1, 0.15) is 5.69 Å². The van der Waals surface area contributed by atoms with Crippen molar-refractivity contribution < 1.29 is 4.42 Å². The number of benzene rings is 5. The number of nitriles is 1. The lowest BCUT2D eigenvalue weighted by molar-refractivity contribution is 0.671. The van der Waals surface area contributed by atoms with E-state index in [4.69, 9.17) is 4.42 Å². The molecule has 8 aromatic rings. The van der Waals surface area contributed by atoms with Crippen molar-refractivity contribution >= 4 is 43.7 Å². The summed E-state index contributed by atoms with van der Waals surface area (Å²) >= 11 is 0. The van der Waals surface area contributed by atoms with Gasteiger partial charge in [-0.3, -0.25) is 0 Å². The first-order valence-electron chi connectivity index (χ1n) is 13.2. The Morgan fingerprint density at radius 3 is 2.30 bits per heavy atom. The molecule has 3 aromatic heterocycles. The fraction of sp³-hybridized carbons (Fsp3) is 0. The van der Waals surface area contributed by atoms with E-state index in [0.29, 0.717) is 5.69 Å².